The molecule has 0 spiro atoms. The third-order valence-corrected chi connectivity index (χ3v) is 2.81. The van der Waals surface area contributed by atoms with Crippen molar-refractivity contribution in [2.24, 2.45) is 0 Å². The predicted molar refractivity (Wildman–Crippen MR) is 48.0 cm³/mol. The molecule has 0 radical (unpaired) electrons. The molecule has 0 aromatic carbocycles. The van der Waals surface area contributed by atoms with Crippen LogP contribution in [0.3, 0.4) is 0 Å². The molecule has 0 aromatic rings. The maximum Gasteiger partial charge on any atom is 0.398 e. The van der Waals surface area contributed by atoms with Crippen LogP contribution >= 0.6 is 0 Å². The third-order valence-electron chi connectivity index (χ3n) is 2.24. The van der Waals surface area contributed by atoms with Crippen LogP contribution in [0.25, 0.3) is 0 Å². The third kappa shape index (κ3) is 2.52. The zero-order valence-electron chi connectivity index (χ0n) is 8.26. The van der Waals surface area contributed by atoms with Crippen molar-refractivity contribution >= 4 is 22.2 Å². The summed E-state index contributed by atoms with van der Waals surface area (Å²) in [6.07, 6.45) is -0.0803. The van der Waals surface area contributed by atoms with Gasteiger partial charge < -0.3 is 0 Å². The van der Waals surface area contributed by atoms with Gasteiger partial charge in [-0.2, -0.15) is 8.42 Å². The Morgan fingerprint density at radius 2 is 2.00 bits per heavy atom. The van der Waals surface area contributed by atoms with E-state index in [4.69, 9.17) is 4.55 Å². The van der Waals surface area contributed by atoms with E-state index in [1.165, 1.54) is 14.0 Å². The van der Waals surface area contributed by atoms with Crippen LogP contribution in [0.5, 0.6) is 0 Å². The first kappa shape index (κ1) is 12.1. The van der Waals surface area contributed by atoms with Crippen molar-refractivity contribution in [3.63, 3.8) is 0 Å². The summed E-state index contributed by atoms with van der Waals surface area (Å²) in [5.74, 6) is -1.19. The van der Waals surface area contributed by atoms with Crippen LogP contribution in [-0.2, 0) is 24.2 Å². The normalized spacial score (nSPS) is 28.3. The maximum atomic E-state index is 11.5. The van der Waals surface area contributed by atoms with Crippen molar-refractivity contribution in [2.75, 3.05) is 7.05 Å². The SMILES string of the molecule is CN1C(=O)CCC(C)(OS(=O)(=O)O)C1=O. The van der Waals surface area contributed by atoms with Gasteiger partial charge in [0, 0.05) is 13.5 Å². The van der Waals surface area contributed by atoms with Crippen molar-refractivity contribution in [1.29, 1.82) is 0 Å². The molecule has 1 rings (SSSR count). The molecule has 8 heteroatoms. The highest BCUT2D eigenvalue weighted by molar-refractivity contribution is 7.81. The summed E-state index contributed by atoms with van der Waals surface area (Å²) in [7, 11) is -3.48. The molecule has 1 unspecified atom stereocenters. The van der Waals surface area contributed by atoms with Crippen molar-refractivity contribution in [3.05, 3.63) is 0 Å². The number of carbonyl (C=O) groups is 2. The van der Waals surface area contributed by atoms with Gasteiger partial charge in [-0.25, -0.2) is 4.18 Å². The molecule has 0 aromatic heterocycles. The van der Waals surface area contributed by atoms with E-state index in [1.807, 2.05) is 0 Å². The smallest absolute Gasteiger partial charge is 0.283 e. The van der Waals surface area contributed by atoms with Crippen LogP contribution in [0, 0.1) is 0 Å². The van der Waals surface area contributed by atoms with Crippen molar-refractivity contribution < 1.29 is 26.7 Å². The summed E-state index contributed by atoms with van der Waals surface area (Å²) in [4.78, 5) is 23.4. The van der Waals surface area contributed by atoms with Crippen LogP contribution in [0.1, 0.15) is 19.8 Å². The minimum Gasteiger partial charge on any atom is -0.283 e. The fraction of sp³-hybridized carbons (Fsp3) is 0.714. The van der Waals surface area contributed by atoms with E-state index >= 15 is 0 Å². The lowest BCUT2D eigenvalue weighted by molar-refractivity contribution is -0.160. The first-order chi connectivity index (χ1) is 6.66. The molecule has 1 N–H and O–H groups in total. The number of likely N-dealkylation sites (N-methyl/N-ethyl adjacent to an activating group) is 1. The van der Waals surface area contributed by atoms with Gasteiger partial charge in [-0.15, -0.1) is 0 Å². The minimum atomic E-state index is -4.71. The van der Waals surface area contributed by atoms with Gasteiger partial charge in [0.15, 0.2) is 5.60 Å². The highest BCUT2D eigenvalue weighted by Gasteiger charge is 2.46. The van der Waals surface area contributed by atoms with E-state index in [0.29, 0.717) is 0 Å². The summed E-state index contributed by atoms with van der Waals surface area (Å²) in [5.41, 5.74) is -1.70. The molecular formula is C7H11NO6S. The second kappa shape index (κ2) is 3.54. The lowest BCUT2D eigenvalue weighted by atomic mass is 9.94. The van der Waals surface area contributed by atoms with E-state index in [0.717, 1.165) is 4.90 Å². The Morgan fingerprint density at radius 1 is 1.47 bits per heavy atom. The first-order valence-corrected chi connectivity index (χ1v) is 5.51. The Kier molecular flexibility index (Phi) is 2.85. The van der Waals surface area contributed by atoms with Gasteiger partial charge in [-0.1, -0.05) is 0 Å². The zero-order chi connectivity index (χ0) is 11.9. The van der Waals surface area contributed by atoms with E-state index in [-0.39, 0.29) is 12.8 Å². The molecule has 1 fully saturated rings. The average Bonchev–Trinajstić information content (AvgIpc) is 2.06. The first-order valence-electron chi connectivity index (χ1n) is 4.15. The largest absolute Gasteiger partial charge is 0.398 e. The van der Waals surface area contributed by atoms with Gasteiger partial charge >= 0.3 is 10.4 Å². The Hall–Kier alpha value is -0.990. The molecule has 0 bridgehead atoms. The van der Waals surface area contributed by atoms with Crippen LogP contribution in [0.4, 0.5) is 0 Å². The number of likely N-dealkylation sites (tertiary alicyclic amines) is 1. The Bertz CT molecular complexity index is 402. The summed E-state index contributed by atoms with van der Waals surface area (Å²) < 4.78 is 33.8. The maximum absolute atomic E-state index is 11.5. The van der Waals surface area contributed by atoms with Gasteiger partial charge in [-0.05, 0) is 13.3 Å². The number of carbonyl (C=O) groups excluding carboxylic acids is 2. The molecule has 0 saturated carbocycles. The molecule has 7 nitrogen and oxygen atoms in total. The van der Waals surface area contributed by atoms with Crippen LogP contribution in [-0.4, -0.2) is 42.3 Å². The van der Waals surface area contributed by atoms with Crippen LogP contribution in [0.15, 0.2) is 0 Å². The summed E-state index contributed by atoms with van der Waals surface area (Å²) in [6, 6.07) is 0. The molecule has 1 heterocycles. The molecule has 86 valence electrons. The Morgan fingerprint density at radius 3 is 2.47 bits per heavy atom. The number of hydrogen-bond acceptors (Lipinski definition) is 5. The number of hydrogen-bond donors (Lipinski definition) is 1. The minimum absolute atomic E-state index is 0.00569. The summed E-state index contributed by atoms with van der Waals surface area (Å²) in [5, 5.41) is 0. The van der Waals surface area contributed by atoms with Gasteiger partial charge in [0.05, 0.1) is 0 Å². The van der Waals surface area contributed by atoms with Gasteiger partial charge in [0.1, 0.15) is 0 Å². The van der Waals surface area contributed by atoms with Gasteiger partial charge in [-0.3, -0.25) is 19.0 Å². The fourth-order valence-corrected chi connectivity index (χ4v) is 2.02. The highest BCUT2D eigenvalue weighted by atomic mass is 32.3. The van der Waals surface area contributed by atoms with E-state index < -0.39 is 27.8 Å². The summed E-state index contributed by atoms with van der Waals surface area (Å²) >= 11 is 0. The molecule has 1 aliphatic heterocycles. The quantitative estimate of drug-likeness (QED) is 0.505. The standard InChI is InChI=1S/C7H11NO6S/c1-7(14-15(11,12)13)4-3-5(9)8(2)6(7)10/h3-4H2,1-2H3,(H,11,12,13). The number of piperidine rings is 1. The van der Waals surface area contributed by atoms with Crippen molar-refractivity contribution in [2.45, 2.75) is 25.4 Å². The van der Waals surface area contributed by atoms with Crippen molar-refractivity contribution in [1.82, 2.24) is 4.90 Å². The molecule has 2 amide bonds. The number of nitrogens with zero attached hydrogens (tertiary/aromatic N) is 1. The van der Waals surface area contributed by atoms with E-state index in [1.54, 1.807) is 0 Å². The van der Waals surface area contributed by atoms with Crippen molar-refractivity contribution in [3.8, 4) is 0 Å². The van der Waals surface area contributed by atoms with Crippen LogP contribution in [0.2, 0.25) is 0 Å². The lowest BCUT2D eigenvalue weighted by Crippen LogP contribution is -2.54. The van der Waals surface area contributed by atoms with Gasteiger partial charge in [0.25, 0.3) is 5.91 Å². The topological polar surface area (TPSA) is 101 Å². The monoisotopic (exact) mass is 237 g/mol. The second-order valence-corrected chi connectivity index (χ2v) is 4.52. The lowest BCUT2D eigenvalue weighted by Gasteiger charge is -2.34. The molecule has 1 saturated heterocycles. The Labute approximate surface area is 87.0 Å². The molecule has 1 atom stereocenters. The predicted octanol–water partition coefficient (Wildman–Crippen LogP) is -0.657. The number of imide groups is 1. The second-order valence-electron chi connectivity index (χ2n) is 3.50. The van der Waals surface area contributed by atoms with Gasteiger partial charge in [0.2, 0.25) is 5.91 Å². The molecular weight excluding hydrogens is 226 g/mol. The van der Waals surface area contributed by atoms with E-state index in [9.17, 15) is 18.0 Å². The molecule has 15 heavy (non-hydrogen) atoms. The van der Waals surface area contributed by atoms with E-state index in [2.05, 4.69) is 4.18 Å². The van der Waals surface area contributed by atoms with Crippen LogP contribution < -0.4 is 0 Å². The molecule has 0 aliphatic carbocycles. The summed E-state index contributed by atoms with van der Waals surface area (Å²) in [6.45, 7) is 1.21. The zero-order valence-corrected chi connectivity index (χ0v) is 9.07. The Balaban J connectivity index is 2.96. The number of amides is 2. The fourth-order valence-electron chi connectivity index (χ4n) is 1.40. The highest BCUT2D eigenvalue weighted by Crippen LogP contribution is 2.27. The average molecular weight is 237 g/mol. The molecule has 1 aliphatic rings. The number of rotatable bonds is 2.